The fourth-order valence-corrected chi connectivity index (χ4v) is 5.39. The van der Waals surface area contributed by atoms with Gasteiger partial charge in [-0.25, -0.2) is 4.98 Å². The van der Waals surface area contributed by atoms with Crippen LogP contribution in [0, 0.1) is 13.8 Å². The molecule has 2 N–H and O–H groups in total. The van der Waals surface area contributed by atoms with E-state index < -0.39 is 0 Å². The molecule has 1 aliphatic rings. The van der Waals surface area contributed by atoms with Gasteiger partial charge in [-0.1, -0.05) is 25.0 Å². The van der Waals surface area contributed by atoms with E-state index in [1.807, 2.05) is 49.2 Å². The largest absolute Gasteiger partial charge is 0.337 e. The van der Waals surface area contributed by atoms with E-state index in [0.29, 0.717) is 18.8 Å². The molecular formula is C25H28N6OS. The fraction of sp³-hybridized carbons (Fsp3) is 0.360. The van der Waals surface area contributed by atoms with Gasteiger partial charge in [0.2, 0.25) is 0 Å². The van der Waals surface area contributed by atoms with Crippen LogP contribution in [-0.2, 0) is 6.42 Å². The van der Waals surface area contributed by atoms with E-state index >= 15 is 0 Å². The summed E-state index contributed by atoms with van der Waals surface area (Å²) in [5, 5.41) is 12.5. The van der Waals surface area contributed by atoms with Crippen molar-refractivity contribution in [3.8, 4) is 0 Å². The number of hydrogen-bond donors (Lipinski definition) is 2. The number of anilines is 2. The third-order valence-corrected chi connectivity index (χ3v) is 7.06. The van der Waals surface area contributed by atoms with E-state index in [-0.39, 0.29) is 11.8 Å². The maximum atomic E-state index is 13.2. The van der Waals surface area contributed by atoms with Crippen LogP contribution in [-0.4, -0.2) is 44.1 Å². The van der Waals surface area contributed by atoms with Gasteiger partial charge in [0.05, 0.1) is 5.52 Å². The Labute approximate surface area is 197 Å². The summed E-state index contributed by atoms with van der Waals surface area (Å²) < 4.78 is 0. The molecule has 0 radical (unpaired) electrons. The maximum absolute atomic E-state index is 13.2. The number of aromatic nitrogens is 4. The number of likely N-dealkylation sites (tertiary alicyclic amines) is 1. The molecule has 8 heteroatoms. The fourth-order valence-electron chi connectivity index (χ4n) is 4.45. The third-order valence-electron chi connectivity index (χ3n) is 6.09. The summed E-state index contributed by atoms with van der Waals surface area (Å²) in [5.74, 6) is 0.180. The number of aryl methyl sites for hydroxylation is 3. The van der Waals surface area contributed by atoms with Gasteiger partial charge in [0.15, 0.2) is 10.8 Å². The van der Waals surface area contributed by atoms with Gasteiger partial charge >= 0.3 is 0 Å². The number of hydrogen-bond acceptors (Lipinski definition) is 6. The Morgan fingerprint density at radius 2 is 2.15 bits per heavy atom. The number of thiazole rings is 1. The highest BCUT2D eigenvalue weighted by Gasteiger charge is 2.31. The molecule has 4 heterocycles. The summed E-state index contributed by atoms with van der Waals surface area (Å²) >= 11 is 1.70. The predicted octanol–water partition coefficient (Wildman–Crippen LogP) is 5.36. The van der Waals surface area contributed by atoms with Crippen LogP contribution in [0.15, 0.2) is 36.5 Å². The molecule has 4 aromatic rings. The molecular weight excluding hydrogens is 432 g/mol. The maximum Gasteiger partial charge on any atom is 0.275 e. The van der Waals surface area contributed by atoms with Gasteiger partial charge < -0.3 is 10.2 Å². The van der Waals surface area contributed by atoms with Gasteiger partial charge in [0, 0.05) is 52.5 Å². The van der Waals surface area contributed by atoms with Crippen LogP contribution in [0.5, 0.6) is 0 Å². The van der Waals surface area contributed by atoms with E-state index in [4.69, 9.17) is 4.98 Å². The summed E-state index contributed by atoms with van der Waals surface area (Å²) in [5.41, 5.74) is 5.47. The van der Waals surface area contributed by atoms with E-state index in [2.05, 4.69) is 33.5 Å². The molecule has 0 bridgehead atoms. The van der Waals surface area contributed by atoms with Crippen molar-refractivity contribution >= 4 is 39.0 Å². The van der Waals surface area contributed by atoms with Crippen LogP contribution in [0.2, 0.25) is 0 Å². The van der Waals surface area contributed by atoms with Crippen LogP contribution in [0.3, 0.4) is 0 Å². The Kier molecular flexibility index (Phi) is 5.85. The quantitative estimate of drug-likeness (QED) is 0.405. The zero-order valence-electron chi connectivity index (χ0n) is 19.2. The molecule has 1 saturated heterocycles. The first-order chi connectivity index (χ1) is 16.0. The van der Waals surface area contributed by atoms with Gasteiger partial charge in [0.25, 0.3) is 5.91 Å². The first-order valence-corrected chi connectivity index (χ1v) is 12.3. The van der Waals surface area contributed by atoms with Crippen LogP contribution in [0.4, 0.5) is 10.8 Å². The zero-order chi connectivity index (χ0) is 22.9. The Balaban J connectivity index is 1.32. The van der Waals surface area contributed by atoms with Crippen LogP contribution in [0.1, 0.15) is 58.0 Å². The average Bonchev–Trinajstić information content (AvgIpc) is 3.53. The molecule has 3 aromatic heterocycles. The van der Waals surface area contributed by atoms with Gasteiger partial charge in [-0.05, 0) is 51.0 Å². The number of pyridine rings is 1. The first-order valence-electron chi connectivity index (χ1n) is 11.4. The number of benzene rings is 1. The van der Waals surface area contributed by atoms with E-state index in [9.17, 15) is 4.79 Å². The predicted molar refractivity (Wildman–Crippen MR) is 132 cm³/mol. The van der Waals surface area contributed by atoms with Crippen molar-refractivity contribution < 1.29 is 4.79 Å². The summed E-state index contributed by atoms with van der Waals surface area (Å²) in [4.78, 5) is 25.7. The average molecular weight is 461 g/mol. The number of carbonyl (C=O) groups excluding carboxylic acids is 1. The first kappa shape index (κ1) is 21.6. The van der Waals surface area contributed by atoms with Crippen molar-refractivity contribution in [1.82, 2.24) is 25.1 Å². The highest BCUT2D eigenvalue weighted by Crippen LogP contribution is 2.31. The van der Waals surface area contributed by atoms with Gasteiger partial charge in [-0.2, -0.15) is 5.10 Å². The van der Waals surface area contributed by atoms with Crippen molar-refractivity contribution in [1.29, 1.82) is 0 Å². The Morgan fingerprint density at radius 1 is 1.27 bits per heavy atom. The molecule has 0 unspecified atom stereocenters. The monoisotopic (exact) mass is 460 g/mol. The lowest BCUT2D eigenvalue weighted by molar-refractivity contribution is 0.0786. The van der Waals surface area contributed by atoms with Crippen molar-refractivity contribution in [2.24, 2.45) is 0 Å². The highest BCUT2D eigenvalue weighted by atomic mass is 32.1. The van der Waals surface area contributed by atoms with Gasteiger partial charge in [0.1, 0.15) is 0 Å². The Hall–Kier alpha value is -3.26. The smallest absolute Gasteiger partial charge is 0.275 e. The molecule has 33 heavy (non-hydrogen) atoms. The van der Waals surface area contributed by atoms with Crippen molar-refractivity contribution in [3.63, 3.8) is 0 Å². The van der Waals surface area contributed by atoms with Gasteiger partial charge in [-0.15, -0.1) is 11.3 Å². The third kappa shape index (κ3) is 4.48. The zero-order valence-corrected chi connectivity index (χ0v) is 20.0. The summed E-state index contributed by atoms with van der Waals surface area (Å²) in [6, 6.07) is 10.1. The topological polar surface area (TPSA) is 86.8 Å². The number of carbonyl (C=O) groups is 1. The van der Waals surface area contributed by atoms with Crippen LogP contribution >= 0.6 is 11.3 Å². The van der Waals surface area contributed by atoms with E-state index in [1.165, 1.54) is 4.88 Å². The molecule has 0 saturated carbocycles. The molecule has 170 valence electrons. The number of rotatable bonds is 6. The number of nitrogens with zero attached hydrogens (tertiary/aromatic N) is 4. The Bertz CT molecular complexity index is 1310. The van der Waals surface area contributed by atoms with Crippen LogP contribution in [0.25, 0.3) is 10.9 Å². The molecule has 1 amide bonds. The number of nitrogens with one attached hydrogen (secondary N) is 2. The molecule has 7 nitrogen and oxygen atoms in total. The molecule has 1 aromatic carbocycles. The van der Waals surface area contributed by atoms with E-state index in [0.717, 1.165) is 57.9 Å². The minimum Gasteiger partial charge on any atom is -0.337 e. The van der Waals surface area contributed by atoms with E-state index in [1.54, 1.807) is 11.3 Å². The second kappa shape index (κ2) is 8.94. The molecule has 0 spiro atoms. The molecule has 1 fully saturated rings. The molecule has 0 aliphatic carbocycles. The van der Waals surface area contributed by atoms with Crippen LogP contribution < -0.4 is 5.32 Å². The lowest BCUT2D eigenvalue weighted by Gasteiger charge is -2.16. The summed E-state index contributed by atoms with van der Waals surface area (Å²) in [7, 11) is 0. The standard InChI is InChI=1S/C25H28N6OS/c1-4-5-19-13-26-25(33-19)28-18-11-16(3)27-22(12-18)17-8-9-31(14-17)24(32)23-20-10-15(2)6-7-21(20)29-30-23/h6-7,10-13,17H,4-5,8-9,14H2,1-3H3,(H,29,30)(H,26,27,28)/t17-/m1/s1. The minimum atomic E-state index is -0.0217. The normalized spacial score (nSPS) is 16.0. The Morgan fingerprint density at radius 3 is 3.00 bits per heavy atom. The van der Waals surface area contributed by atoms with Gasteiger partial charge in [-0.3, -0.25) is 14.9 Å². The minimum absolute atomic E-state index is 0.0217. The lowest BCUT2D eigenvalue weighted by atomic mass is 10.0. The summed E-state index contributed by atoms with van der Waals surface area (Å²) in [6.45, 7) is 7.56. The van der Waals surface area contributed by atoms with Crippen molar-refractivity contribution in [2.75, 3.05) is 18.4 Å². The number of fused-ring (bicyclic) bond motifs is 1. The SMILES string of the molecule is CCCc1cnc(Nc2cc(C)nc([C@@H]3CCN(C(=O)c4n[nH]c5ccc(C)cc45)C3)c2)s1. The molecule has 1 atom stereocenters. The number of H-pyrrole nitrogens is 1. The second-order valence-corrected chi connectivity index (χ2v) is 9.90. The molecule has 1 aliphatic heterocycles. The molecule has 5 rings (SSSR count). The second-order valence-electron chi connectivity index (χ2n) is 8.79. The lowest BCUT2D eigenvalue weighted by Crippen LogP contribution is -2.29. The number of amides is 1. The summed E-state index contributed by atoms with van der Waals surface area (Å²) in [6.07, 6.45) is 5.01. The number of aromatic amines is 1. The highest BCUT2D eigenvalue weighted by molar-refractivity contribution is 7.15. The van der Waals surface area contributed by atoms with Crippen molar-refractivity contribution in [2.45, 2.75) is 46.0 Å². The van der Waals surface area contributed by atoms with Crippen molar-refractivity contribution in [3.05, 3.63) is 64.1 Å².